The minimum atomic E-state index is 0.569. The van der Waals surface area contributed by atoms with Crippen molar-refractivity contribution < 1.29 is 0 Å². The fourth-order valence-electron chi connectivity index (χ4n) is 1.69. The second kappa shape index (κ2) is 3.21. The predicted molar refractivity (Wildman–Crippen MR) is 55.0 cm³/mol. The number of nitrogens with zero attached hydrogens (tertiary/aromatic N) is 1. The molecule has 0 aliphatic carbocycles. The lowest BCUT2D eigenvalue weighted by Gasteiger charge is -2.16. The molecule has 1 N–H and O–H groups in total. The zero-order chi connectivity index (χ0) is 9.26. The van der Waals surface area contributed by atoms with Crippen LogP contribution < -0.4 is 5.43 Å². The molecule has 0 bridgehead atoms. The zero-order valence-electron chi connectivity index (χ0n) is 8.04. The normalized spacial score (nSPS) is 14.1. The maximum Gasteiger partial charge on any atom is 0.0586 e. The fraction of sp³-hybridized carbons (Fsp3) is 0.364. The van der Waals surface area contributed by atoms with Gasteiger partial charge in [-0.2, -0.15) is 5.10 Å². The summed E-state index contributed by atoms with van der Waals surface area (Å²) in [6, 6.07) is 6.45. The van der Waals surface area contributed by atoms with E-state index < -0.39 is 0 Å². The van der Waals surface area contributed by atoms with Crippen molar-refractivity contribution >= 4 is 6.21 Å². The molecule has 68 valence electrons. The Morgan fingerprint density at radius 3 is 3.00 bits per heavy atom. The van der Waals surface area contributed by atoms with Gasteiger partial charge in [0.05, 0.1) is 12.8 Å². The molecule has 0 amide bonds. The quantitative estimate of drug-likeness (QED) is 0.693. The predicted octanol–water partition coefficient (Wildman–Crippen LogP) is 2.25. The Hall–Kier alpha value is -1.31. The maximum atomic E-state index is 4.09. The van der Waals surface area contributed by atoms with Gasteiger partial charge in [-0.1, -0.05) is 32.0 Å². The molecule has 0 spiro atoms. The molecule has 2 rings (SSSR count). The van der Waals surface area contributed by atoms with Crippen molar-refractivity contribution in [1.29, 1.82) is 0 Å². The lowest BCUT2D eigenvalue weighted by Crippen LogP contribution is -2.15. The first-order valence-electron chi connectivity index (χ1n) is 4.66. The average molecular weight is 174 g/mol. The second-order valence-corrected chi connectivity index (χ2v) is 3.67. The number of benzene rings is 1. The Kier molecular flexibility index (Phi) is 2.05. The molecule has 1 heterocycles. The molecule has 0 fully saturated rings. The lowest BCUT2D eigenvalue weighted by molar-refractivity contribution is 0.728. The van der Waals surface area contributed by atoms with Crippen molar-refractivity contribution in [2.24, 2.45) is 5.10 Å². The fourth-order valence-corrected chi connectivity index (χ4v) is 1.69. The molecule has 0 aromatic heterocycles. The summed E-state index contributed by atoms with van der Waals surface area (Å²) in [5.74, 6) is 0.569. The highest BCUT2D eigenvalue weighted by Gasteiger charge is 2.10. The van der Waals surface area contributed by atoms with E-state index in [0.29, 0.717) is 5.92 Å². The lowest BCUT2D eigenvalue weighted by atomic mass is 9.93. The van der Waals surface area contributed by atoms with Gasteiger partial charge >= 0.3 is 0 Å². The standard InChI is InChI=1S/C11H14N2/c1-8(2)10-5-3-4-9-6-12-13-7-11(9)10/h3-5,7-8,12H,6H2,1-2H3. The molecule has 0 saturated heterocycles. The molecular weight excluding hydrogens is 160 g/mol. The first kappa shape index (κ1) is 8.30. The Morgan fingerprint density at radius 1 is 1.38 bits per heavy atom. The molecule has 2 heteroatoms. The van der Waals surface area contributed by atoms with Gasteiger partial charge in [0.25, 0.3) is 0 Å². The monoisotopic (exact) mass is 174 g/mol. The van der Waals surface area contributed by atoms with E-state index in [9.17, 15) is 0 Å². The van der Waals surface area contributed by atoms with Crippen molar-refractivity contribution in [2.45, 2.75) is 26.3 Å². The topological polar surface area (TPSA) is 24.4 Å². The largest absolute Gasteiger partial charge is 0.306 e. The van der Waals surface area contributed by atoms with Gasteiger partial charge in [0.1, 0.15) is 0 Å². The van der Waals surface area contributed by atoms with Crippen LogP contribution in [0.1, 0.15) is 36.5 Å². The average Bonchev–Trinajstić information content (AvgIpc) is 2.17. The third-order valence-electron chi connectivity index (χ3n) is 2.41. The molecule has 2 nitrogen and oxygen atoms in total. The number of fused-ring (bicyclic) bond motifs is 1. The number of hydrogen-bond donors (Lipinski definition) is 1. The highest BCUT2D eigenvalue weighted by Crippen LogP contribution is 2.22. The van der Waals surface area contributed by atoms with Crippen LogP contribution in [0.25, 0.3) is 0 Å². The van der Waals surface area contributed by atoms with E-state index in [1.807, 2.05) is 6.21 Å². The van der Waals surface area contributed by atoms with Crippen LogP contribution in [0, 0.1) is 0 Å². The van der Waals surface area contributed by atoms with Crippen LogP contribution in [0.3, 0.4) is 0 Å². The molecule has 1 aliphatic rings. The molecule has 1 aromatic rings. The summed E-state index contributed by atoms with van der Waals surface area (Å²) in [6.45, 7) is 5.28. The molecule has 0 saturated carbocycles. The van der Waals surface area contributed by atoms with Crippen molar-refractivity contribution in [2.75, 3.05) is 0 Å². The smallest absolute Gasteiger partial charge is 0.0586 e. The van der Waals surface area contributed by atoms with Crippen molar-refractivity contribution in [1.82, 2.24) is 5.43 Å². The second-order valence-electron chi connectivity index (χ2n) is 3.67. The van der Waals surface area contributed by atoms with E-state index in [1.54, 1.807) is 0 Å². The number of hydrazone groups is 1. The Labute approximate surface area is 78.7 Å². The molecule has 1 aliphatic heterocycles. The Balaban J connectivity index is 2.54. The first-order chi connectivity index (χ1) is 6.29. The van der Waals surface area contributed by atoms with Gasteiger partial charge in [-0.25, -0.2) is 0 Å². The maximum absolute atomic E-state index is 4.09. The van der Waals surface area contributed by atoms with Gasteiger partial charge in [-0.3, -0.25) is 0 Å². The number of hydrogen-bond acceptors (Lipinski definition) is 2. The highest BCUT2D eigenvalue weighted by atomic mass is 15.3. The molecule has 0 radical (unpaired) electrons. The highest BCUT2D eigenvalue weighted by molar-refractivity contribution is 5.84. The van der Waals surface area contributed by atoms with Gasteiger partial charge in [-0.15, -0.1) is 0 Å². The van der Waals surface area contributed by atoms with Gasteiger partial charge in [0.15, 0.2) is 0 Å². The Bertz CT molecular complexity index is 340. The van der Waals surface area contributed by atoms with E-state index in [4.69, 9.17) is 0 Å². The van der Waals surface area contributed by atoms with Crippen LogP contribution in [0.4, 0.5) is 0 Å². The molecule has 13 heavy (non-hydrogen) atoms. The van der Waals surface area contributed by atoms with E-state index in [-0.39, 0.29) is 0 Å². The molecule has 1 aromatic carbocycles. The summed E-state index contributed by atoms with van der Waals surface area (Å²) in [7, 11) is 0. The van der Waals surface area contributed by atoms with Crippen LogP contribution in [-0.2, 0) is 6.54 Å². The van der Waals surface area contributed by atoms with Crippen molar-refractivity contribution in [3.63, 3.8) is 0 Å². The number of nitrogens with one attached hydrogen (secondary N) is 1. The first-order valence-corrected chi connectivity index (χ1v) is 4.66. The minimum Gasteiger partial charge on any atom is -0.306 e. The SMILES string of the molecule is CC(C)c1cccc2c1C=NNC2. The van der Waals surface area contributed by atoms with E-state index in [2.05, 4.69) is 42.6 Å². The van der Waals surface area contributed by atoms with Crippen LogP contribution in [0.5, 0.6) is 0 Å². The summed E-state index contributed by atoms with van der Waals surface area (Å²) >= 11 is 0. The molecule has 0 atom stereocenters. The van der Waals surface area contributed by atoms with Crippen molar-refractivity contribution in [3.8, 4) is 0 Å². The van der Waals surface area contributed by atoms with E-state index >= 15 is 0 Å². The summed E-state index contributed by atoms with van der Waals surface area (Å²) < 4.78 is 0. The van der Waals surface area contributed by atoms with Gasteiger partial charge in [0, 0.05) is 5.56 Å². The zero-order valence-corrected chi connectivity index (χ0v) is 8.04. The van der Waals surface area contributed by atoms with Crippen LogP contribution in [0.15, 0.2) is 23.3 Å². The number of rotatable bonds is 1. The van der Waals surface area contributed by atoms with Crippen molar-refractivity contribution in [3.05, 3.63) is 34.9 Å². The summed E-state index contributed by atoms with van der Waals surface area (Å²) in [4.78, 5) is 0. The third kappa shape index (κ3) is 1.44. The summed E-state index contributed by atoms with van der Waals surface area (Å²) in [5, 5.41) is 4.09. The summed E-state index contributed by atoms with van der Waals surface area (Å²) in [6.07, 6.45) is 1.92. The molecule has 0 unspecified atom stereocenters. The van der Waals surface area contributed by atoms with Gasteiger partial charge < -0.3 is 5.43 Å². The van der Waals surface area contributed by atoms with Gasteiger partial charge in [0.2, 0.25) is 0 Å². The van der Waals surface area contributed by atoms with Crippen LogP contribution in [0.2, 0.25) is 0 Å². The Morgan fingerprint density at radius 2 is 2.23 bits per heavy atom. The van der Waals surface area contributed by atoms with E-state index in [0.717, 1.165) is 6.54 Å². The summed E-state index contributed by atoms with van der Waals surface area (Å²) in [5.41, 5.74) is 7.02. The van der Waals surface area contributed by atoms with Gasteiger partial charge in [-0.05, 0) is 17.0 Å². The third-order valence-corrected chi connectivity index (χ3v) is 2.41. The van der Waals surface area contributed by atoms with Crippen LogP contribution >= 0.6 is 0 Å². The minimum absolute atomic E-state index is 0.569. The van der Waals surface area contributed by atoms with Crippen LogP contribution in [-0.4, -0.2) is 6.21 Å². The molecular formula is C11H14N2. The van der Waals surface area contributed by atoms with E-state index in [1.165, 1.54) is 16.7 Å².